The molecule has 3 rings (SSSR count). The van der Waals surface area contributed by atoms with Gasteiger partial charge in [-0.1, -0.05) is 0 Å². The van der Waals surface area contributed by atoms with E-state index in [-0.39, 0.29) is 0 Å². The molecular formula is C12H8Se. The second kappa shape index (κ2) is 2.73. The van der Waals surface area contributed by atoms with Crippen LogP contribution in [-0.2, 0) is 0 Å². The van der Waals surface area contributed by atoms with Crippen molar-refractivity contribution in [2.24, 2.45) is 0 Å². The van der Waals surface area contributed by atoms with Gasteiger partial charge in [0.25, 0.3) is 0 Å². The fraction of sp³-hybridized carbons (Fsp3) is 0. The van der Waals surface area contributed by atoms with Crippen molar-refractivity contribution in [2.45, 2.75) is 0 Å². The molecule has 1 aromatic heterocycles. The van der Waals surface area contributed by atoms with E-state index in [1.54, 1.807) is 0 Å². The van der Waals surface area contributed by atoms with Crippen molar-refractivity contribution in [1.82, 2.24) is 0 Å². The van der Waals surface area contributed by atoms with Crippen molar-refractivity contribution in [3.63, 3.8) is 0 Å². The quantitative estimate of drug-likeness (QED) is 0.521. The Bertz CT molecular complexity index is 514. The van der Waals surface area contributed by atoms with Gasteiger partial charge in [0.1, 0.15) is 0 Å². The van der Waals surface area contributed by atoms with Crippen molar-refractivity contribution in [1.29, 1.82) is 0 Å². The minimum absolute atomic E-state index is 0.583. The molecule has 0 aliphatic heterocycles. The van der Waals surface area contributed by atoms with Gasteiger partial charge in [-0.3, -0.25) is 0 Å². The van der Waals surface area contributed by atoms with Gasteiger partial charge in [-0.15, -0.1) is 0 Å². The Kier molecular flexibility index (Phi) is 1.55. The van der Waals surface area contributed by atoms with E-state index >= 15 is 0 Å². The summed E-state index contributed by atoms with van der Waals surface area (Å²) in [5, 5.41) is 5.53. The summed E-state index contributed by atoms with van der Waals surface area (Å²) in [5.41, 5.74) is 0. The van der Waals surface area contributed by atoms with Gasteiger partial charge < -0.3 is 0 Å². The van der Waals surface area contributed by atoms with Crippen molar-refractivity contribution in [3.8, 4) is 0 Å². The third kappa shape index (κ3) is 1.13. The van der Waals surface area contributed by atoms with Crippen LogP contribution in [0.25, 0.3) is 21.5 Å². The van der Waals surface area contributed by atoms with Gasteiger partial charge in [-0.25, -0.2) is 0 Å². The molecule has 0 saturated carbocycles. The number of hydrogen-bond acceptors (Lipinski definition) is 0. The predicted octanol–water partition coefficient (Wildman–Crippen LogP) is 3.05. The maximum atomic E-state index is 2.34. The standard InChI is InChI=1S/C12H8Se/c1-2-4-10-6-12-8-13-7-11(12)5-9(10)3-1/h1-8H. The fourth-order valence-corrected chi connectivity index (χ4v) is 3.27. The molecule has 0 spiro atoms. The molecule has 1 heteroatoms. The summed E-state index contributed by atoms with van der Waals surface area (Å²) in [7, 11) is 0. The average Bonchev–Trinajstić information content (AvgIpc) is 2.61. The van der Waals surface area contributed by atoms with Crippen LogP contribution in [0.2, 0.25) is 0 Å². The molecule has 0 aliphatic rings. The second-order valence-electron chi connectivity index (χ2n) is 3.20. The molecule has 0 nitrogen and oxygen atoms in total. The first-order valence-corrected chi connectivity index (χ1v) is 6.26. The number of fused-ring (bicyclic) bond motifs is 2. The summed E-state index contributed by atoms with van der Waals surface area (Å²) in [6.07, 6.45) is 0. The van der Waals surface area contributed by atoms with Crippen LogP contribution in [0.1, 0.15) is 0 Å². The summed E-state index contributed by atoms with van der Waals surface area (Å²) < 4.78 is 0. The van der Waals surface area contributed by atoms with Gasteiger partial charge in [-0.2, -0.15) is 0 Å². The van der Waals surface area contributed by atoms with E-state index < -0.39 is 0 Å². The van der Waals surface area contributed by atoms with Crippen LogP contribution in [0.15, 0.2) is 46.3 Å². The van der Waals surface area contributed by atoms with Crippen molar-refractivity contribution in [3.05, 3.63) is 46.3 Å². The zero-order chi connectivity index (χ0) is 8.67. The van der Waals surface area contributed by atoms with E-state index in [1.165, 1.54) is 21.5 Å². The summed E-state index contributed by atoms with van der Waals surface area (Å²) >= 11 is 0.583. The Morgan fingerprint density at radius 2 is 1.23 bits per heavy atom. The minimum atomic E-state index is 0.583. The fourth-order valence-electron chi connectivity index (χ4n) is 1.66. The molecule has 1 heterocycles. The third-order valence-corrected chi connectivity index (χ3v) is 3.98. The van der Waals surface area contributed by atoms with Gasteiger partial charge in [0.15, 0.2) is 0 Å². The van der Waals surface area contributed by atoms with E-state index in [9.17, 15) is 0 Å². The molecule has 0 radical (unpaired) electrons. The molecule has 0 saturated heterocycles. The molecule has 13 heavy (non-hydrogen) atoms. The molecule has 0 fully saturated rings. The zero-order valence-corrected chi connectivity index (χ0v) is 8.74. The Morgan fingerprint density at radius 3 is 1.77 bits per heavy atom. The van der Waals surface area contributed by atoms with Gasteiger partial charge in [-0.05, 0) is 0 Å². The van der Waals surface area contributed by atoms with Crippen LogP contribution in [0.4, 0.5) is 0 Å². The van der Waals surface area contributed by atoms with Gasteiger partial charge in [0, 0.05) is 0 Å². The van der Waals surface area contributed by atoms with E-state index in [1.807, 2.05) is 0 Å². The maximum absolute atomic E-state index is 2.34. The summed E-state index contributed by atoms with van der Waals surface area (Å²) in [5.74, 6) is 0. The zero-order valence-electron chi connectivity index (χ0n) is 7.03. The third-order valence-electron chi connectivity index (χ3n) is 2.34. The molecular weight excluding hydrogens is 223 g/mol. The number of rotatable bonds is 0. The monoisotopic (exact) mass is 232 g/mol. The summed E-state index contributed by atoms with van der Waals surface area (Å²) in [6, 6.07) is 13.1. The average molecular weight is 231 g/mol. The summed E-state index contributed by atoms with van der Waals surface area (Å²) in [6.45, 7) is 0. The van der Waals surface area contributed by atoms with Crippen LogP contribution < -0.4 is 0 Å². The second-order valence-corrected chi connectivity index (χ2v) is 4.76. The van der Waals surface area contributed by atoms with E-state index in [4.69, 9.17) is 0 Å². The van der Waals surface area contributed by atoms with E-state index in [0.717, 1.165) is 0 Å². The van der Waals surface area contributed by atoms with Crippen LogP contribution in [0, 0.1) is 0 Å². The molecule has 0 unspecified atom stereocenters. The SMILES string of the molecule is c1ccc2cc3c[se]cc3cc2c1. The van der Waals surface area contributed by atoms with Crippen LogP contribution in [0.5, 0.6) is 0 Å². The van der Waals surface area contributed by atoms with E-state index in [0.29, 0.717) is 14.5 Å². The van der Waals surface area contributed by atoms with Crippen molar-refractivity contribution in [2.75, 3.05) is 0 Å². The number of benzene rings is 2. The molecule has 2 aromatic carbocycles. The Hall–Kier alpha value is -1.04. The van der Waals surface area contributed by atoms with Crippen LogP contribution in [-0.4, -0.2) is 14.5 Å². The van der Waals surface area contributed by atoms with Crippen LogP contribution >= 0.6 is 0 Å². The Labute approximate surface area is 82.6 Å². The first-order chi connectivity index (χ1) is 6.43. The molecule has 0 aliphatic carbocycles. The topological polar surface area (TPSA) is 0 Å². The van der Waals surface area contributed by atoms with E-state index in [2.05, 4.69) is 46.3 Å². The Morgan fingerprint density at radius 1 is 0.692 bits per heavy atom. The normalized spacial score (nSPS) is 11.1. The molecule has 62 valence electrons. The van der Waals surface area contributed by atoms with Gasteiger partial charge >= 0.3 is 82.3 Å². The molecule has 0 bridgehead atoms. The number of hydrogen-bond donors (Lipinski definition) is 0. The molecule has 3 aromatic rings. The molecule has 0 amide bonds. The molecule has 0 N–H and O–H groups in total. The first kappa shape index (κ1) is 7.37. The van der Waals surface area contributed by atoms with Crippen LogP contribution in [0.3, 0.4) is 0 Å². The predicted molar refractivity (Wildman–Crippen MR) is 58.4 cm³/mol. The van der Waals surface area contributed by atoms with Crippen molar-refractivity contribution < 1.29 is 0 Å². The van der Waals surface area contributed by atoms with Crippen molar-refractivity contribution >= 4 is 36.0 Å². The first-order valence-electron chi connectivity index (χ1n) is 4.28. The molecule has 0 atom stereocenters. The Balaban J connectivity index is 2.57. The van der Waals surface area contributed by atoms with Gasteiger partial charge in [0.2, 0.25) is 0 Å². The summed E-state index contributed by atoms with van der Waals surface area (Å²) in [4.78, 5) is 4.68. The van der Waals surface area contributed by atoms with Gasteiger partial charge in [0.05, 0.1) is 0 Å².